The second-order valence-corrected chi connectivity index (χ2v) is 2.69. The van der Waals surface area contributed by atoms with Gasteiger partial charge in [-0.1, -0.05) is 6.92 Å². The molecular formula is C9H12N2. The molecule has 0 atom stereocenters. The Hall–Kier alpha value is -1.23. The molecule has 0 aliphatic heterocycles. The number of hydrogen-bond acceptors (Lipinski definition) is 1. The van der Waals surface area contributed by atoms with Crippen molar-refractivity contribution < 1.29 is 0 Å². The van der Waals surface area contributed by atoms with Crippen LogP contribution in [0.1, 0.15) is 29.4 Å². The van der Waals surface area contributed by atoms with Crippen molar-refractivity contribution in [3.63, 3.8) is 0 Å². The summed E-state index contributed by atoms with van der Waals surface area (Å²) in [5, 5.41) is 8.67. The molecule has 1 aromatic heterocycles. The minimum Gasteiger partial charge on any atom is -0.350 e. The van der Waals surface area contributed by atoms with E-state index in [9.17, 15) is 0 Å². The summed E-state index contributed by atoms with van der Waals surface area (Å²) in [6.07, 6.45) is 0.996. The lowest BCUT2D eigenvalue weighted by atomic mass is 10.1. The Morgan fingerprint density at radius 1 is 1.45 bits per heavy atom. The number of aryl methyl sites for hydroxylation is 1. The van der Waals surface area contributed by atoms with Gasteiger partial charge in [-0.05, 0) is 31.4 Å². The number of aromatic nitrogens is 1. The number of nitrogens with one attached hydrogen (secondary N) is 1. The first-order valence-corrected chi connectivity index (χ1v) is 3.78. The largest absolute Gasteiger partial charge is 0.350 e. The molecule has 0 unspecified atom stereocenters. The van der Waals surface area contributed by atoms with E-state index in [0.29, 0.717) is 5.69 Å². The second-order valence-electron chi connectivity index (χ2n) is 2.69. The highest BCUT2D eigenvalue weighted by Gasteiger charge is 2.07. The van der Waals surface area contributed by atoms with E-state index in [2.05, 4.69) is 18.0 Å². The molecule has 1 rings (SSSR count). The van der Waals surface area contributed by atoms with Gasteiger partial charge in [0.05, 0.1) is 0 Å². The molecule has 2 nitrogen and oxygen atoms in total. The fourth-order valence-corrected chi connectivity index (χ4v) is 1.43. The maximum Gasteiger partial charge on any atom is 0.121 e. The molecule has 0 saturated carbocycles. The molecule has 1 aromatic rings. The molecule has 1 heterocycles. The number of nitrogens with zero attached hydrogens (tertiary/aromatic N) is 1. The molecule has 11 heavy (non-hydrogen) atoms. The van der Waals surface area contributed by atoms with Crippen LogP contribution in [-0.2, 0) is 6.42 Å². The molecule has 2 heteroatoms. The fraction of sp³-hybridized carbons (Fsp3) is 0.444. The van der Waals surface area contributed by atoms with Crippen molar-refractivity contribution in [3.05, 3.63) is 22.5 Å². The van der Waals surface area contributed by atoms with Gasteiger partial charge in [0.1, 0.15) is 11.8 Å². The van der Waals surface area contributed by atoms with Crippen molar-refractivity contribution in [2.75, 3.05) is 0 Å². The fourth-order valence-electron chi connectivity index (χ4n) is 1.43. The molecule has 0 aliphatic carbocycles. The van der Waals surface area contributed by atoms with Crippen LogP contribution in [0.4, 0.5) is 0 Å². The highest BCUT2D eigenvalue weighted by atomic mass is 14.7. The topological polar surface area (TPSA) is 39.6 Å². The predicted octanol–water partition coefficient (Wildman–Crippen LogP) is 2.07. The summed E-state index contributed by atoms with van der Waals surface area (Å²) in [4.78, 5) is 3.05. The van der Waals surface area contributed by atoms with Crippen LogP contribution in [0.25, 0.3) is 0 Å². The summed E-state index contributed by atoms with van der Waals surface area (Å²) in [6, 6.07) is 2.14. The van der Waals surface area contributed by atoms with Crippen LogP contribution in [0.5, 0.6) is 0 Å². The van der Waals surface area contributed by atoms with Crippen LogP contribution in [-0.4, -0.2) is 4.98 Å². The van der Waals surface area contributed by atoms with Gasteiger partial charge in [-0.15, -0.1) is 0 Å². The lowest BCUT2D eigenvalue weighted by molar-refractivity contribution is 1.08. The summed E-state index contributed by atoms with van der Waals surface area (Å²) in [5.41, 5.74) is 4.22. The summed E-state index contributed by atoms with van der Waals surface area (Å²) in [6.45, 7) is 6.10. The average molecular weight is 148 g/mol. The normalized spacial score (nSPS) is 9.64. The zero-order valence-corrected chi connectivity index (χ0v) is 7.15. The van der Waals surface area contributed by atoms with Gasteiger partial charge in [-0.2, -0.15) is 5.26 Å². The Kier molecular flexibility index (Phi) is 2.00. The number of aromatic amines is 1. The van der Waals surface area contributed by atoms with Gasteiger partial charge in [-0.3, -0.25) is 0 Å². The molecule has 0 radical (unpaired) electrons. The first kappa shape index (κ1) is 7.87. The third-order valence-electron chi connectivity index (χ3n) is 2.06. The first-order chi connectivity index (χ1) is 5.20. The number of hydrogen-bond donors (Lipinski definition) is 1. The van der Waals surface area contributed by atoms with E-state index in [1.165, 1.54) is 5.56 Å². The van der Waals surface area contributed by atoms with Crippen LogP contribution < -0.4 is 0 Å². The Morgan fingerprint density at radius 3 is 2.36 bits per heavy atom. The molecule has 0 fully saturated rings. The highest BCUT2D eigenvalue weighted by molar-refractivity contribution is 5.41. The van der Waals surface area contributed by atoms with Gasteiger partial charge in [0, 0.05) is 5.69 Å². The summed E-state index contributed by atoms with van der Waals surface area (Å²) in [5.74, 6) is 0. The Balaban J connectivity index is 3.28. The van der Waals surface area contributed by atoms with Crippen molar-refractivity contribution in [2.45, 2.75) is 27.2 Å². The van der Waals surface area contributed by atoms with Gasteiger partial charge < -0.3 is 4.98 Å². The minimum atomic E-state index is 0.708. The van der Waals surface area contributed by atoms with Gasteiger partial charge in [0.2, 0.25) is 0 Å². The summed E-state index contributed by atoms with van der Waals surface area (Å²) >= 11 is 0. The molecule has 1 N–H and O–H groups in total. The smallest absolute Gasteiger partial charge is 0.121 e. The molecule has 0 aromatic carbocycles. The van der Waals surface area contributed by atoms with Crippen LogP contribution in [0.15, 0.2) is 0 Å². The quantitative estimate of drug-likeness (QED) is 0.650. The predicted molar refractivity (Wildman–Crippen MR) is 44.4 cm³/mol. The summed E-state index contributed by atoms with van der Waals surface area (Å²) < 4.78 is 0. The van der Waals surface area contributed by atoms with Crippen molar-refractivity contribution in [1.82, 2.24) is 4.98 Å². The SMILES string of the molecule is CCc1c(C)[nH]c(C#N)c1C. The zero-order chi connectivity index (χ0) is 8.43. The van der Waals surface area contributed by atoms with Gasteiger partial charge in [-0.25, -0.2) is 0 Å². The minimum absolute atomic E-state index is 0.708. The maximum absolute atomic E-state index is 8.67. The third-order valence-corrected chi connectivity index (χ3v) is 2.06. The van der Waals surface area contributed by atoms with E-state index in [-0.39, 0.29) is 0 Å². The third kappa shape index (κ3) is 1.14. The van der Waals surface area contributed by atoms with Crippen molar-refractivity contribution in [2.24, 2.45) is 0 Å². The Morgan fingerprint density at radius 2 is 2.09 bits per heavy atom. The molecule has 0 saturated heterocycles. The highest BCUT2D eigenvalue weighted by Crippen LogP contribution is 2.16. The molecule has 0 bridgehead atoms. The van der Waals surface area contributed by atoms with E-state index in [0.717, 1.165) is 17.7 Å². The molecule has 58 valence electrons. The number of rotatable bonds is 1. The molecule has 0 amide bonds. The van der Waals surface area contributed by atoms with E-state index in [1.807, 2.05) is 13.8 Å². The standard InChI is InChI=1S/C9H12N2/c1-4-8-6(2)9(5-10)11-7(8)3/h11H,4H2,1-3H3. The maximum atomic E-state index is 8.67. The first-order valence-electron chi connectivity index (χ1n) is 3.78. The number of nitriles is 1. The van der Waals surface area contributed by atoms with Crippen molar-refractivity contribution >= 4 is 0 Å². The lowest BCUT2D eigenvalue weighted by Crippen LogP contribution is -1.82. The van der Waals surface area contributed by atoms with Crippen LogP contribution in [0.2, 0.25) is 0 Å². The van der Waals surface area contributed by atoms with Gasteiger partial charge in [0.15, 0.2) is 0 Å². The van der Waals surface area contributed by atoms with Crippen LogP contribution in [0.3, 0.4) is 0 Å². The monoisotopic (exact) mass is 148 g/mol. The van der Waals surface area contributed by atoms with E-state index in [4.69, 9.17) is 5.26 Å². The van der Waals surface area contributed by atoms with Crippen LogP contribution in [0, 0.1) is 25.2 Å². The zero-order valence-electron chi connectivity index (χ0n) is 7.15. The van der Waals surface area contributed by atoms with Crippen molar-refractivity contribution in [1.29, 1.82) is 5.26 Å². The van der Waals surface area contributed by atoms with E-state index < -0.39 is 0 Å². The average Bonchev–Trinajstić information content (AvgIpc) is 2.26. The van der Waals surface area contributed by atoms with E-state index >= 15 is 0 Å². The lowest BCUT2D eigenvalue weighted by Gasteiger charge is -1.93. The van der Waals surface area contributed by atoms with Gasteiger partial charge >= 0.3 is 0 Å². The van der Waals surface area contributed by atoms with Gasteiger partial charge in [0.25, 0.3) is 0 Å². The second kappa shape index (κ2) is 2.79. The molecular weight excluding hydrogens is 136 g/mol. The van der Waals surface area contributed by atoms with E-state index in [1.54, 1.807) is 0 Å². The summed E-state index contributed by atoms with van der Waals surface area (Å²) in [7, 11) is 0. The molecule has 0 aliphatic rings. The molecule has 0 spiro atoms. The van der Waals surface area contributed by atoms with Crippen LogP contribution >= 0.6 is 0 Å². The number of H-pyrrole nitrogens is 1. The van der Waals surface area contributed by atoms with Crippen molar-refractivity contribution in [3.8, 4) is 6.07 Å². The Labute approximate surface area is 66.9 Å². The Bertz CT molecular complexity index is 302.